The number of carbonyl (C=O) groups excluding carboxylic acids is 1. The summed E-state index contributed by atoms with van der Waals surface area (Å²) in [5.41, 5.74) is -0.635. The van der Waals surface area contributed by atoms with Crippen LogP contribution >= 0.6 is 0 Å². The second kappa shape index (κ2) is 9.88. The van der Waals surface area contributed by atoms with E-state index in [0.717, 1.165) is 18.7 Å². The molecule has 32 heavy (non-hydrogen) atoms. The van der Waals surface area contributed by atoms with E-state index in [1.807, 2.05) is 6.92 Å². The van der Waals surface area contributed by atoms with E-state index in [1.165, 1.54) is 40.7 Å². The monoisotopic (exact) mass is 471 g/mol. The van der Waals surface area contributed by atoms with Gasteiger partial charge < -0.3 is 15.0 Å². The van der Waals surface area contributed by atoms with Crippen molar-refractivity contribution >= 4 is 21.6 Å². The number of likely N-dealkylation sites (N-methyl/N-ethyl adjacent to an activating group) is 1. The van der Waals surface area contributed by atoms with Gasteiger partial charge in [0.1, 0.15) is 5.75 Å². The molecule has 0 bridgehead atoms. The fourth-order valence-corrected chi connectivity index (χ4v) is 4.75. The third kappa shape index (κ3) is 5.99. The standard InChI is InChI=1S/C21H24F3N3O4S/c1-2-26-9-11-27(12-10-26)32(29,30)19-8-4-6-17(14-19)25-20(28)15-31-18-7-3-5-16(13-18)21(22,23)24/h3-8,13-14H,2,9-12,15H2,1H3,(H,25,28). The van der Waals surface area contributed by atoms with Crippen molar-refractivity contribution in [2.45, 2.75) is 18.0 Å². The highest BCUT2D eigenvalue weighted by atomic mass is 32.2. The molecule has 11 heteroatoms. The molecule has 1 saturated heterocycles. The molecule has 0 spiro atoms. The van der Waals surface area contributed by atoms with Crippen molar-refractivity contribution in [1.82, 2.24) is 9.21 Å². The van der Waals surface area contributed by atoms with E-state index < -0.39 is 34.3 Å². The Morgan fingerprint density at radius 1 is 1.06 bits per heavy atom. The van der Waals surface area contributed by atoms with Gasteiger partial charge in [-0.3, -0.25) is 4.79 Å². The summed E-state index contributed by atoms with van der Waals surface area (Å²) in [5.74, 6) is -0.731. The Morgan fingerprint density at radius 2 is 1.75 bits per heavy atom. The number of anilines is 1. The number of benzene rings is 2. The Bertz CT molecular complexity index is 1050. The van der Waals surface area contributed by atoms with Crippen molar-refractivity contribution in [3.05, 3.63) is 54.1 Å². The highest BCUT2D eigenvalue weighted by Gasteiger charge is 2.31. The summed E-state index contributed by atoms with van der Waals surface area (Å²) >= 11 is 0. The van der Waals surface area contributed by atoms with E-state index in [0.29, 0.717) is 26.2 Å². The molecule has 2 aromatic rings. The Kier molecular flexibility index (Phi) is 7.42. The first-order chi connectivity index (χ1) is 15.1. The van der Waals surface area contributed by atoms with Crippen molar-refractivity contribution in [3.8, 4) is 5.75 Å². The zero-order valence-electron chi connectivity index (χ0n) is 17.4. The molecule has 0 aliphatic carbocycles. The predicted molar refractivity (Wildman–Crippen MR) is 113 cm³/mol. The molecule has 1 N–H and O–H groups in total. The maximum Gasteiger partial charge on any atom is 0.416 e. The molecular formula is C21H24F3N3O4S. The number of ether oxygens (including phenoxy) is 1. The molecule has 174 valence electrons. The van der Waals surface area contributed by atoms with Crippen LogP contribution in [-0.2, 0) is 21.0 Å². The van der Waals surface area contributed by atoms with Crippen molar-refractivity contribution < 1.29 is 31.1 Å². The van der Waals surface area contributed by atoms with Crippen LogP contribution in [0.25, 0.3) is 0 Å². The second-order valence-corrected chi connectivity index (χ2v) is 9.17. The van der Waals surface area contributed by atoms with Crippen molar-refractivity contribution in [2.24, 2.45) is 0 Å². The number of hydrogen-bond donors (Lipinski definition) is 1. The normalized spacial score (nSPS) is 16.0. The molecule has 0 saturated carbocycles. The van der Waals surface area contributed by atoms with Gasteiger partial charge in [-0.05, 0) is 42.9 Å². The summed E-state index contributed by atoms with van der Waals surface area (Å²) in [6.07, 6.45) is -4.52. The summed E-state index contributed by atoms with van der Waals surface area (Å²) in [5, 5.41) is 2.51. The lowest BCUT2D eigenvalue weighted by Gasteiger charge is -2.33. The molecule has 1 heterocycles. The van der Waals surface area contributed by atoms with Crippen LogP contribution in [-0.4, -0.2) is 62.9 Å². The van der Waals surface area contributed by atoms with Crippen LogP contribution in [0.1, 0.15) is 12.5 Å². The number of rotatable bonds is 7. The minimum atomic E-state index is -4.52. The summed E-state index contributed by atoms with van der Waals surface area (Å²) in [6.45, 7) is 4.43. The third-order valence-electron chi connectivity index (χ3n) is 5.07. The molecule has 1 aliphatic heterocycles. The Morgan fingerprint density at radius 3 is 2.41 bits per heavy atom. The number of halogens is 3. The summed E-state index contributed by atoms with van der Waals surface area (Å²) < 4.78 is 70.7. The van der Waals surface area contributed by atoms with Crippen molar-refractivity contribution in [2.75, 3.05) is 44.6 Å². The van der Waals surface area contributed by atoms with E-state index in [1.54, 1.807) is 0 Å². The van der Waals surface area contributed by atoms with Crippen LogP contribution in [0.15, 0.2) is 53.4 Å². The highest BCUT2D eigenvalue weighted by Crippen LogP contribution is 2.31. The van der Waals surface area contributed by atoms with Gasteiger partial charge in [0.15, 0.2) is 6.61 Å². The molecule has 7 nitrogen and oxygen atoms in total. The second-order valence-electron chi connectivity index (χ2n) is 7.23. The SMILES string of the molecule is CCN1CCN(S(=O)(=O)c2cccc(NC(=O)COc3cccc(C(F)(F)F)c3)c2)CC1. The van der Waals surface area contributed by atoms with E-state index >= 15 is 0 Å². The van der Waals surface area contributed by atoms with Gasteiger partial charge in [0.05, 0.1) is 10.5 Å². The maximum atomic E-state index is 12.9. The summed E-state index contributed by atoms with van der Waals surface area (Å²) in [7, 11) is -3.71. The highest BCUT2D eigenvalue weighted by molar-refractivity contribution is 7.89. The zero-order chi connectivity index (χ0) is 23.4. The number of nitrogens with one attached hydrogen (secondary N) is 1. The molecule has 0 atom stereocenters. The number of piperazine rings is 1. The average Bonchev–Trinajstić information content (AvgIpc) is 2.77. The van der Waals surface area contributed by atoms with Gasteiger partial charge in [0, 0.05) is 31.9 Å². The van der Waals surface area contributed by atoms with Crippen LogP contribution in [0.5, 0.6) is 5.75 Å². The zero-order valence-corrected chi connectivity index (χ0v) is 18.2. The first-order valence-electron chi connectivity index (χ1n) is 10.0. The molecule has 3 rings (SSSR count). The van der Waals surface area contributed by atoms with Crippen LogP contribution in [0.4, 0.5) is 18.9 Å². The van der Waals surface area contributed by atoms with E-state index in [4.69, 9.17) is 4.74 Å². The smallest absolute Gasteiger partial charge is 0.416 e. The lowest BCUT2D eigenvalue weighted by atomic mass is 10.2. The quantitative estimate of drug-likeness (QED) is 0.672. The minimum absolute atomic E-state index is 0.0547. The van der Waals surface area contributed by atoms with Crippen LogP contribution in [0.2, 0.25) is 0 Å². The molecule has 1 aliphatic rings. The fourth-order valence-electron chi connectivity index (χ4n) is 3.28. The van der Waals surface area contributed by atoms with Crippen LogP contribution in [0.3, 0.4) is 0 Å². The Balaban J connectivity index is 1.61. The lowest BCUT2D eigenvalue weighted by Crippen LogP contribution is -2.48. The van der Waals surface area contributed by atoms with Gasteiger partial charge in [0.2, 0.25) is 10.0 Å². The van der Waals surface area contributed by atoms with Gasteiger partial charge in [-0.25, -0.2) is 8.42 Å². The molecule has 0 unspecified atom stereocenters. The summed E-state index contributed by atoms with van der Waals surface area (Å²) in [4.78, 5) is 14.4. The molecular weight excluding hydrogens is 447 g/mol. The molecule has 1 amide bonds. The molecule has 1 fully saturated rings. The number of hydrogen-bond acceptors (Lipinski definition) is 5. The van der Waals surface area contributed by atoms with Crippen molar-refractivity contribution in [3.63, 3.8) is 0 Å². The largest absolute Gasteiger partial charge is 0.484 e. The number of amides is 1. The lowest BCUT2D eigenvalue weighted by molar-refractivity contribution is -0.137. The third-order valence-corrected chi connectivity index (χ3v) is 6.96. The van der Waals surface area contributed by atoms with Crippen molar-refractivity contribution in [1.29, 1.82) is 0 Å². The van der Waals surface area contributed by atoms with Crippen LogP contribution in [0, 0.1) is 0 Å². The number of alkyl halides is 3. The first-order valence-corrected chi connectivity index (χ1v) is 11.5. The van der Waals surface area contributed by atoms with E-state index in [9.17, 15) is 26.4 Å². The molecule has 2 aromatic carbocycles. The minimum Gasteiger partial charge on any atom is -0.484 e. The average molecular weight is 472 g/mol. The van der Waals surface area contributed by atoms with Crippen LogP contribution < -0.4 is 10.1 Å². The first kappa shape index (κ1) is 24.0. The fraction of sp³-hybridized carbons (Fsp3) is 0.381. The molecule has 0 aromatic heterocycles. The van der Waals surface area contributed by atoms with Gasteiger partial charge in [-0.1, -0.05) is 19.1 Å². The summed E-state index contributed by atoms with van der Waals surface area (Å²) in [6, 6.07) is 10.0. The van der Waals surface area contributed by atoms with E-state index in [-0.39, 0.29) is 16.3 Å². The number of nitrogens with zero attached hydrogens (tertiary/aromatic N) is 2. The molecule has 0 radical (unpaired) electrons. The number of sulfonamides is 1. The van der Waals surface area contributed by atoms with Gasteiger partial charge in [0.25, 0.3) is 5.91 Å². The number of carbonyl (C=O) groups is 1. The van der Waals surface area contributed by atoms with Gasteiger partial charge in [-0.15, -0.1) is 0 Å². The van der Waals surface area contributed by atoms with Gasteiger partial charge >= 0.3 is 6.18 Å². The van der Waals surface area contributed by atoms with Gasteiger partial charge in [-0.2, -0.15) is 17.5 Å². The predicted octanol–water partition coefficient (Wildman–Crippen LogP) is 3.05. The topological polar surface area (TPSA) is 79.0 Å². The Hall–Kier alpha value is -2.63. The maximum absolute atomic E-state index is 12.9. The van der Waals surface area contributed by atoms with E-state index in [2.05, 4.69) is 10.2 Å². The Labute approximate surface area is 184 Å².